The molecule has 0 atom stereocenters. The number of hydrogen-bond acceptors (Lipinski definition) is 2. The third-order valence-corrected chi connectivity index (χ3v) is 3.16. The Balaban J connectivity index is 2.08. The molecule has 0 bridgehead atoms. The highest BCUT2D eigenvalue weighted by Crippen LogP contribution is 2.22. The molecule has 2 rings (SSSR count). The van der Waals surface area contributed by atoms with Crippen molar-refractivity contribution in [2.24, 2.45) is 0 Å². The van der Waals surface area contributed by atoms with Gasteiger partial charge in [0, 0.05) is 29.1 Å². The summed E-state index contributed by atoms with van der Waals surface area (Å²) < 4.78 is 1.03. The zero-order chi connectivity index (χ0) is 9.97. The number of hydrogen-bond donors (Lipinski definition) is 1. The second-order valence-electron chi connectivity index (χ2n) is 3.42. The predicted molar refractivity (Wildman–Crippen MR) is 62.2 cm³/mol. The Bertz CT molecular complexity index is 324. The van der Waals surface area contributed by atoms with Gasteiger partial charge in [-0.05, 0) is 24.1 Å². The van der Waals surface area contributed by atoms with Crippen LogP contribution in [-0.2, 0) is 6.54 Å². The molecule has 0 spiro atoms. The second kappa shape index (κ2) is 4.62. The molecule has 1 saturated heterocycles. The van der Waals surface area contributed by atoms with Crippen molar-refractivity contribution in [3.8, 4) is 0 Å². The largest absolute Gasteiger partial charge is 0.255 e. The van der Waals surface area contributed by atoms with Crippen LogP contribution in [0.3, 0.4) is 0 Å². The summed E-state index contributed by atoms with van der Waals surface area (Å²) in [6.07, 6.45) is 1.22. The Hall–Kier alpha value is -0.0900. The van der Waals surface area contributed by atoms with E-state index in [2.05, 4.69) is 32.4 Å². The minimum atomic E-state index is 0.827. The van der Waals surface area contributed by atoms with Crippen LogP contribution in [0, 0.1) is 0 Å². The van der Waals surface area contributed by atoms with E-state index >= 15 is 0 Å². The molecule has 0 amide bonds. The molecule has 1 aromatic carbocycles. The molecule has 0 saturated carbocycles. The minimum Gasteiger partial charge on any atom is -0.255 e. The number of halogens is 2. The lowest BCUT2D eigenvalue weighted by molar-refractivity contribution is 0.244. The Kier molecular flexibility index (Phi) is 3.44. The molecule has 0 radical (unpaired) electrons. The van der Waals surface area contributed by atoms with E-state index in [1.807, 2.05) is 12.1 Å². The van der Waals surface area contributed by atoms with Gasteiger partial charge in [0.15, 0.2) is 0 Å². The summed E-state index contributed by atoms with van der Waals surface area (Å²) in [7, 11) is 0. The van der Waals surface area contributed by atoms with Crippen LogP contribution in [0.25, 0.3) is 0 Å². The molecule has 1 heterocycles. The first-order valence-electron chi connectivity index (χ1n) is 4.68. The van der Waals surface area contributed by atoms with Crippen molar-refractivity contribution in [2.45, 2.75) is 13.0 Å². The normalized spacial score (nSPS) is 17.6. The van der Waals surface area contributed by atoms with E-state index in [0.717, 1.165) is 29.1 Å². The van der Waals surface area contributed by atoms with Gasteiger partial charge in [0.25, 0.3) is 0 Å². The predicted octanol–water partition coefficient (Wildman–Crippen LogP) is 2.81. The first kappa shape index (κ1) is 10.4. The van der Waals surface area contributed by atoms with Crippen molar-refractivity contribution in [3.63, 3.8) is 0 Å². The molecule has 14 heavy (non-hydrogen) atoms. The van der Waals surface area contributed by atoms with Crippen LogP contribution in [0.2, 0.25) is 5.02 Å². The SMILES string of the molecule is Clc1cc(Br)ccc1CN1CCCN1. The lowest BCUT2D eigenvalue weighted by atomic mass is 10.2. The Morgan fingerprint density at radius 1 is 1.50 bits per heavy atom. The summed E-state index contributed by atoms with van der Waals surface area (Å²) >= 11 is 9.52. The fourth-order valence-electron chi connectivity index (χ4n) is 1.58. The van der Waals surface area contributed by atoms with Crippen LogP contribution in [0.4, 0.5) is 0 Å². The van der Waals surface area contributed by atoms with E-state index in [9.17, 15) is 0 Å². The van der Waals surface area contributed by atoms with E-state index in [1.165, 1.54) is 12.0 Å². The summed E-state index contributed by atoms with van der Waals surface area (Å²) in [5.74, 6) is 0. The van der Waals surface area contributed by atoms with Gasteiger partial charge in [0.05, 0.1) is 0 Å². The topological polar surface area (TPSA) is 15.3 Å². The van der Waals surface area contributed by atoms with Crippen molar-refractivity contribution in [1.29, 1.82) is 0 Å². The van der Waals surface area contributed by atoms with E-state index in [4.69, 9.17) is 11.6 Å². The van der Waals surface area contributed by atoms with Gasteiger partial charge in [-0.25, -0.2) is 5.01 Å². The second-order valence-corrected chi connectivity index (χ2v) is 4.74. The fourth-order valence-corrected chi connectivity index (χ4v) is 2.31. The molecule has 1 aliphatic rings. The molecule has 2 nitrogen and oxygen atoms in total. The highest BCUT2D eigenvalue weighted by Gasteiger charge is 2.12. The van der Waals surface area contributed by atoms with Crippen LogP contribution < -0.4 is 5.43 Å². The average molecular weight is 276 g/mol. The van der Waals surface area contributed by atoms with Crippen LogP contribution in [-0.4, -0.2) is 18.1 Å². The van der Waals surface area contributed by atoms with E-state index in [0.29, 0.717) is 0 Å². The lowest BCUT2D eigenvalue weighted by Crippen LogP contribution is -2.30. The summed E-state index contributed by atoms with van der Waals surface area (Å²) in [5, 5.41) is 3.03. The van der Waals surface area contributed by atoms with Gasteiger partial charge >= 0.3 is 0 Å². The van der Waals surface area contributed by atoms with Crippen LogP contribution in [0.1, 0.15) is 12.0 Å². The summed E-state index contributed by atoms with van der Waals surface area (Å²) in [6.45, 7) is 3.06. The maximum absolute atomic E-state index is 6.12. The standard InChI is InChI=1S/C10H12BrClN2/c11-9-3-2-8(10(12)6-9)7-14-5-1-4-13-14/h2-3,6,13H,1,4-5,7H2. The molecule has 4 heteroatoms. The van der Waals surface area contributed by atoms with Gasteiger partial charge in [0.1, 0.15) is 0 Å². The van der Waals surface area contributed by atoms with E-state index in [-0.39, 0.29) is 0 Å². The van der Waals surface area contributed by atoms with Crippen LogP contribution in [0.5, 0.6) is 0 Å². The number of nitrogens with one attached hydrogen (secondary N) is 1. The zero-order valence-corrected chi connectivity index (χ0v) is 10.1. The smallest absolute Gasteiger partial charge is 0.0462 e. The molecule has 1 aliphatic heterocycles. The minimum absolute atomic E-state index is 0.827. The molecule has 0 aliphatic carbocycles. The van der Waals surface area contributed by atoms with Gasteiger partial charge in [-0.15, -0.1) is 0 Å². The highest BCUT2D eigenvalue weighted by molar-refractivity contribution is 9.10. The number of nitrogens with zero attached hydrogens (tertiary/aromatic N) is 1. The summed E-state index contributed by atoms with van der Waals surface area (Å²) in [4.78, 5) is 0. The van der Waals surface area contributed by atoms with Crippen molar-refractivity contribution in [3.05, 3.63) is 33.3 Å². The van der Waals surface area contributed by atoms with Gasteiger partial charge in [-0.3, -0.25) is 5.43 Å². The molecule has 1 fully saturated rings. The lowest BCUT2D eigenvalue weighted by Gasteiger charge is -2.15. The monoisotopic (exact) mass is 274 g/mol. The van der Waals surface area contributed by atoms with Gasteiger partial charge < -0.3 is 0 Å². The van der Waals surface area contributed by atoms with Crippen molar-refractivity contribution < 1.29 is 0 Å². The van der Waals surface area contributed by atoms with Gasteiger partial charge in [0.2, 0.25) is 0 Å². The molecular weight excluding hydrogens is 263 g/mol. The fraction of sp³-hybridized carbons (Fsp3) is 0.400. The summed E-state index contributed by atoms with van der Waals surface area (Å²) in [5.41, 5.74) is 4.48. The molecular formula is C10H12BrClN2. The first-order chi connectivity index (χ1) is 6.75. The van der Waals surface area contributed by atoms with E-state index in [1.54, 1.807) is 0 Å². The van der Waals surface area contributed by atoms with Crippen molar-refractivity contribution >= 4 is 27.5 Å². The maximum Gasteiger partial charge on any atom is 0.0462 e. The maximum atomic E-state index is 6.12. The van der Waals surface area contributed by atoms with Crippen molar-refractivity contribution in [2.75, 3.05) is 13.1 Å². The van der Waals surface area contributed by atoms with Crippen LogP contribution >= 0.6 is 27.5 Å². The molecule has 1 aromatic rings. The van der Waals surface area contributed by atoms with Crippen molar-refractivity contribution in [1.82, 2.24) is 10.4 Å². The number of benzene rings is 1. The molecule has 1 N–H and O–H groups in total. The Morgan fingerprint density at radius 3 is 3.00 bits per heavy atom. The third-order valence-electron chi connectivity index (χ3n) is 2.32. The summed E-state index contributed by atoms with van der Waals surface area (Å²) in [6, 6.07) is 6.02. The molecule has 76 valence electrons. The van der Waals surface area contributed by atoms with Crippen LogP contribution in [0.15, 0.2) is 22.7 Å². The molecule has 0 aromatic heterocycles. The highest BCUT2D eigenvalue weighted by atomic mass is 79.9. The quantitative estimate of drug-likeness (QED) is 0.893. The molecule has 0 unspecified atom stereocenters. The van der Waals surface area contributed by atoms with E-state index < -0.39 is 0 Å². The Labute approximate surface area is 97.3 Å². The number of hydrazine groups is 1. The average Bonchev–Trinajstić information content (AvgIpc) is 2.62. The Morgan fingerprint density at radius 2 is 2.36 bits per heavy atom. The van der Waals surface area contributed by atoms with Gasteiger partial charge in [-0.1, -0.05) is 33.6 Å². The third kappa shape index (κ3) is 2.48. The van der Waals surface area contributed by atoms with Gasteiger partial charge in [-0.2, -0.15) is 0 Å². The zero-order valence-electron chi connectivity index (χ0n) is 7.76. The first-order valence-corrected chi connectivity index (χ1v) is 5.85. The number of rotatable bonds is 2.